The molecule has 0 bridgehead atoms. The number of aliphatic hydroxyl groups excluding tert-OH is 1. The summed E-state index contributed by atoms with van der Waals surface area (Å²) in [6, 6.07) is 14.0. The molecule has 5 heteroatoms. The highest BCUT2D eigenvalue weighted by atomic mass is 35.5. The molecule has 0 aliphatic carbocycles. The number of rotatable bonds is 6. The predicted molar refractivity (Wildman–Crippen MR) is 89.5 cm³/mol. The van der Waals surface area contributed by atoms with E-state index in [2.05, 4.69) is 17.4 Å². The number of hydrogen-bond donors (Lipinski definition) is 2. The molecule has 0 fully saturated rings. The molecule has 122 valence electrons. The molecule has 0 amide bonds. The monoisotopic (exact) mass is 333 g/mol. The van der Waals surface area contributed by atoms with E-state index in [1.807, 2.05) is 30.3 Å². The van der Waals surface area contributed by atoms with Crippen molar-refractivity contribution in [3.63, 3.8) is 0 Å². The molecule has 1 heterocycles. The van der Waals surface area contributed by atoms with E-state index >= 15 is 0 Å². The van der Waals surface area contributed by atoms with Gasteiger partial charge >= 0.3 is 0 Å². The third kappa shape index (κ3) is 4.03. The van der Waals surface area contributed by atoms with Crippen LogP contribution in [0.25, 0.3) is 0 Å². The lowest BCUT2D eigenvalue weighted by Crippen LogP contribution is -2.23. The number of nitrogens with one attached hydrogen (secondary N) is 1. The Balaban J connectivity index is 1.77. The highest BCUT2D eigenvalue weighted by Gasteiger charge is 2.18. The third-order valence-electron chi connectivity index (χ3n) is 3.91. The lowest BCUT2D eigenvalue weighted by molar-refractivity contribution is -0.0171. The van der Waals surface area contributed by atoms with E-state index in [-0.39, 0.29) is 19.4 Å². The molecular formula is C18H20ClNO3. The van der Waals surface area contributed by atoms with Crippen LogP contribution in [0, 0.1) is 0 Å². The number of aliphatic hydroxyl groups is 1. The van der Waals surface area contributed by atoms with Crippen molar-refractivity contribution in [2.24, 2.45) is 0 Å². The van der Waals surface area contributed by atoms with Gasteiger partial charge in [-0.2, -0.15) is 0 Å². The maximum absolute atomic E-state index is 9.33. The number of fused-ring (bicyclic) bond motifs is 1. The minimum Gasteiger partial charge on any atom is -0.467 e. The summed E-state index contributed by atoms with van der Waals surface area (Å²) in [6.07, 6.45) is 0.650. The average molecular weight is 334 g/mol. The van der Waals surface area contributed by atoms with Gasteiger partial charge in [-0.25, -0.2) is 0 Å². The smallest absolute Gasteiger partial charge is 0.189 e. The van der Waals surface area contributed by atoms with Gasteiger partial charge in [0.15, 0.2) is 6.79 Å². The van der Waals surface area contributed by atoms with Crippen molar-refractivity contribution >= 4 is 11.6 Å². The Morgan fingerprint density at radius 3 is 2.83 bits per heavy atom. The lowest BCUT2D eigenvalue weighted by Gasteiger charge is -2.23. The van der Waals surface area contributed by atoms with Crippen LogP contribution in [0.1, 0.15) is 29.2 Å². The molecule has 2 aromatic rings. The molecule has 4 nitrogen and oxygen atoms in total. The van der Waals surface area contributed by atoms with Gasteiger partial charge in [0.2, 0.25) is 0 Å². The molecule has 23 heavy (non-hydrogen) atoms. The topological polar surface area (TPSA) is 50.7 Å². The second-order valence-corrected chi connectivity index (χ2v) is 5.96. The van der Waals surface area contributed by atoms with E-state index in [1.165, 1.54) is 0 Å². The molecule has 1 aliphatic rings. The normalized spacial score (nSPS) is 14.9. The van der Waals surface area contributed by atoms with E-state index in [4.69, 9.17) is 21.1 Å². The molecule has 2 aromatic carbocycles. The molecule has 0 radical (unpaired) electrons. The Labute approximate surface area is 141 Å². The van der Waals surface area contributed by atoms with Crippen molar-refractivity contribution in [2.75, 3.05) is 13.4 Å². The molecule has 0 saturated carbocycles. The fourth-order valence-electron chi connectivity index (χ4n) is 2.82. The van der Waals surface area contributed by atoms with Gasteiger partial charge in [0, 0.05) is 35.3 Å². The Morgan fingerprint density at radius 1 is 1.22 bits per heavy atom. The predicted octanol–water partition coefficient (Wildman–Crippen LogP) is 3.42. The van der Waals surface area contributed by atoms with Crippen LogP contribution < -0.4 is 10.1 Å². The summed E-state index contributed by atoms with van der Waals surface area (Å²) in [7, 11) is 0. The average Bonchev–Trinajstić information content (AvgIpc) is 2.59. The zero-order chi connectivity index (χ0) is 16.1. The van der Waals surface area contributed by atoms with Gasteiger partial charge in [-0.1, -0.05) is 41.9 Å². The van der Waals surface area contributed by atoms with Crippen LogP contribution in [0.2, 0.25) is 5.02 Å². The number of hydrogen-bond acceptors (Lipinski definition) is 4. The number of benzene rings is 2. The highest BCUT2D eigenvalue weighted by molar-refractivity contribution is 6.30. The van der Waals surface area contributed by atoms with E-state index < -0.39 is 0 Å². The molecule has 2 N–H and O–H groups in total. The van der Waals surface area contributed by atoms with E-state index in [0.717, 1.165) is 22.4 Å². The van der Waals surface area contributed by atoms with Crippen molar-refractivity contribution in [3.05, 3.63) is 64.2 Å². The fraction of sp³-hybridized carbons (Fsp3) is 0.333. The van der Waals surface area contributed by atoms with Crippen LogP contribution in [0.15, 0.2) is 42.5 Å². The summed E-state index contributed by atoms with van der Waals surface area (Å²) >= 11 is 6.20. The molecule has 1 atom stereocenters. The van der Waals surface area contributed by atoms with Gasteiger partial charge < -0.3 is 19.9 Å². The Hall–Kier alpha value is -1.59. The van der Waals surface area contributed by atoms with Gasteiger partial charge in [0.25, 0.3) is 0 Å². The summed E-state index contributed by atoms with van der Waals surface area (Å²) in [5.41, 5.74) is 3.13. The molecular weight excluding hydrogens is 314 g/mol. The standard InChI is InChI=1S/C18H20ClNO3/c19-16-8-14(18-15(9-16)11-22-12-23-18)10-20-17(6-7-21)13-4-2-1-3-5-13/h1-5,8-9,17,20-21H,6-7,10-12H2. The van der Waals surface area contributed by atoms with Crippen molar-refractivity contribution in [1.82, 2.24) is 5.32 Å². The van der Waals surface area contributed by atoms with Gasteiger partial charge in [-0.15, -0.1) is 0 Å². The summed E-state index contributed by atoms with van der Waals surface area (Å²) in [5, 5.41) is 13.5. The van der Waals surface area contributed by atoms with Crippen molar-refractivity contribution in [3.8, 4) is 5.75 Å². The number of halogens is 1. The van der Waals surface area contributed by atoms with Crippen molar-refractivity contribution in [2.45, 2.75) is 25.6 Å². The quantitative estimate of drug-likeness (QED) is 0.850. The van der Waals surface area contributed by atoms with Crippen LogP contribution in [0.5, 0.6) is 5.75 Å². The first-order chi connectivity index (χ1) is 11.3. The first-order valence-corrected chi connectivity index (χ1v) is 8.06. The summed E-state index contributed by atoms with van der Waals surface area (Å²) in [6.45, 7) is 1.52. The summed E-state index contributed by atoms with van der Waals surface area (Å²) in [5.74, 6) is 0.851. The largest absolute Gasteiger partial charge is 0.467 e. The number of ether oxygens (including phenoxy) is 2. The van der Waals surface area contributed by atoms with Gasteiger partial charge in [-0.3, -0.25) is 0 Å². The van der Waals surface area contributed by atoms with Crippen molar-refractivity contribution in [1.29, 1.82) is 0 Å². The highest BCUT2D eigenvalue weighted by Crippen LogP contribution is 2.32. The molecule has 0 aromatic heterocycles. The SMILES string of the molecule is OCCC(NCc1cc(Cl)cc2c1OCOC2)c1ccccc1. The summed E-state index contributed by atoms with van der Waals surface area (Å²) < 4.78 is 10.9. The first kappa shape index (κ1) is 16.3. The van der Waals surface area contributed by atoms with Crippen LogP contribution in [-0.2, 0) is 17.9 Å². The fourth-order valence-corrected chi connectivity index (χ4v) is 3.09. The first-order valence-electron chi connectivity index (χ1n) is 7.69. The molecule has 1 unspecified atom stereocenters. The zero-order valence-electron chi connectivity index (χ0n) is 12.8. The van der Waals surface area contributed by atoms with Crippen LogP contribution >= 0.6 is 11.6 Å². The molecule has 0 saturated heterocycles. The maximum Gasteiger partial charge on any atom is 0.189 e. The zero-order valence-corrected chi connectivity index (χ0v) is 13.6. The second kappa shape index (κ2) is 7.79. The summed E-state index contributed by atoms with van der Waals surface area (Å²) in [4.78, 5) is 0. The Kier molecular flexibility index (Phi) is 5.51. The van der Waals surface area contributed by atoms with E-state index in [0.29, 0.717) is 24.6 Å². The maximum atomic E-state index is 9.33. The van der Waals surface area contributed by atoms with E-state index in [9.17, 15) is 5.11 Å². The Morgan fingerprint density at radius 2 is 2.04 bits per heavy atom. The van der Waals surface area contributed by atoms with Gasteiger partial charge in [-0.05, 0) is 24.1 Å². The van der Waals surface area contributed by atoms with Gasteiger partial charge in [0.1, 0.15) is 5.75 Å². The molecule has 3 rings (SSSR count). The Bertz CT molecular complexity index is 648. The van der Waals surface area contributed by atoms with E-state index in [1.54, 1.807) is 0 Å². The van der Waals surface area contributed by atoms with Crippen LogP contribution in [-0.4, -0.2) is 18.5 Å². The van der Waals surface area contributed by atoms with Gasteiger partial charge in [0.05, 0.1) is 6.61 Å². The third-order valence-corrected chi connectivity index (χ3v) is 4.13. The minimum atomic E-state index is 0.0793. The van der Waals surface area contributed by atoms with Crippen molar-refractivity contribution < 1.29 is 14.6 Å². The molecule has 0 spiro atoms. The second-order valence-electron chi connectivity index (χ2n) is 5.52. The minimum absolute atomic E-state index is 0.0793. The molecule has 1 aliphatic heterocycles. The van der Waals surface area contributed by atoms with Crippen LogP contribution in [0.4, 0.5) is 0 Å². The van der Waals surface area contributed by atoms with Crippen LogP contribution in [0.3, 0.4) is 0 Å². The lowest BCUT2D eigenvalue weighted by atomic mass is 10.0.